The zero-order valence-electron chi connectivity index (χ0n) is 11.2. The molecule has 0 atom stereocenters. The summed E-state index contributed by atoms with van der Waals surface area (Å²) in [6.45, 7) is 0.0492. The summed E-state index contributed by atoms with van der Waals surface area (Å²) in [5.41, 5.74) is 0.297. The average molecular weight is 307 g/mol. The molecule has 2 heterocycles. The van der Waals surface area contributed by atoms with Crippen LogP contribution in [0.5, 0.6) is 0 Å². The van der Waals surface area contributed by atoms with Crippen molar-refractivity contribution >= 4 is 15.7 Å². The van der Waals surface area contributed by atoms with Crippen LogP contribution in [0.25, 0.3) is 0 Å². The minimum Gasteiger partial charge on any atom is -0.348 e. The van der Waals surface area contributed by atoms with Crippen LogP contribution in [0.2, 0.25) is 0 Å². The summed E-state index contributed by atoms with van der Waals surface area (Å²) in [5, 5.41) is 2.43. The lowest BCUT2D eigenvalue weighted by Gasteiger charge is -2.06. The molecule has 0 radical (unpaired) electrons. The van der Waals surface area contributed by atoms with Gasteiger partial charge < -0.3 is 10.3 Å². The van der Waals surface area contributed by atoms with Crippen molar-refractivity contribution < 1.29 is 13.2 Å². The van der Waals surface area contributed by atoms with E-state index in [2.05, 4.69) is 15.3 Å². The first-order valence-electron chi connectivity index (χ1n) is 5.98. The summed E-state index contributed by atoms with van der Waals surface area (Å²) in [6, 6.07) is 5.66. The van der Waals surface area contributed by atoms with Gasteiger partial charge in [0.25, 0.3) is 5.91 Å². The molecule has 110 valence electrons. The summed E-state index contributed by atoms with van der Waals surface area (Å²) in [5.74, 6) is -0.335. The monoisotopic (exact) mass is 307 g/mol. The number of sulfone groups is 1. The SMILES string of the molecule is CS(=O)(=O)c1cc(CNC(=O)c2ccncc2)cc(=O)[nH]1. The van der Waals surface area contributed by atoms with Crippen LogP contribution < -0.4 is 10.9 Å². The smallest absolute Gasteiger partial charge is 0.251 e. The van der Waals surface area contributed by atoms with Crippen LogP contribution in [-0.4, -0.2) is 30.5 Å². The number of hydrogen-bond donors (Lipinski definition) is 2. The van der Waals surface area contributed by atoms with E-state index in [9.17, 15) is 18.0 Å². The predicted molar refractivity (Wildman–Crippen MR) is 75.6 cm³/mol. The number of nitrogens with one attached hydrogen (secondary N) is 2. The second-order valence-electron chi connectivity index (χ2n) is 4.41. The van der Waals surface area contributed by atoms with Gasteiger partial charge in [-0.3, -0.25) is 14.6 Å². The number of hydrogen-bond acceptors (Lipinski definition) is 5. The van der Waals surface area contributed by atoms with E-state index in [1.165, 1.54) is 24.5 Å². The highest BCUT2D eigenvalue weighted by Crippen LogP contribution is 2.06. The van der Waals surface area contributed by atoms with Gasteiger partial charge in [0.15, 0.2) is 9.84 Å². The van der Waals surface area contributed by atoms with Crippen molar-refractivity contribution in [3.8, 4) is 0 Å². The summed E-state index contributed by atoms with van der Waals surface area (Å²) < 4.78 is 22.9. The number of aromatic amines is 1. The molecule has 2 N–H and O–H groups in total. The highest BCUT2D eigenvalue weighted by Gasteiger charge is 2.11. The van der Waals surface area contributed by atoms with Gasteiger partial charge in [-0.15, -0.1) is 0 Å². The first kappa shape index (κ1) is 14.9. The predicted octanol–water partition coefficient (Wildman–Crippen LogP) is 0.103. The third kappa shape index (κ3) is 3.99. The van der Waals surface area contributed by atoms with E-state index in [0.29, 0.717) is 11.1 Å². The second kappa shape index (κ2) is 5.88. The Balaban J connectivity index is 2.16. The Morgan fingerprint density at radius 1 is 1.29 bits per heavy atom. The Morgan fingerprint density at radius 3 is 2.57 bits per heavy atom. The minimum atomic E-state index is -3.52. The standard InChI is InChI=1S/C13H13N3O4S/c1-21(19,20)12-7-9(6-11(17)16-12)8-15-13(18)10-2-4-14-5-3-10/h2-7H,8H2,1H3,(H,15,18)(H,16,17). The molecule has 0 unspecified atom stereocenters. The van der Waals surface area contributed by atoms with Crippen molar-refractivity contribution in [1.29, 1.82) is 0 Å². The van der Waals surface area contributed by atoms with Crippen LogP contribution in [0.3, 0.4) is 0 Å². The molecule has 0 spiro atoms. The zero-order valence-corrected chi connectivity index (χ0v) is 12.0. The van der Waals surface area contributed by atoms with Crippen molar-refractivity contribution in [2.45, 2.75) is 11.6 Å². The molecular weight excluding hydrogens is 294 g/mol. The van der Waals surface area contributed by atoms with Crippen LogP contribution >= 0.6 is 0 Å². The molecule has 0 saturated carbocycles. The van der Waals surface area contributed by atoms with Crippen LogP contribution in [0.1, 0.15) is 15.9 Å². The van der Waals surface area contributed by atoms with Crippen molar-refractivity contribution in [3.63, 3.8) is 0 Å². The summed E-state index contributed by atoms with van der Waals surface area (Å²) in [4.78, 5) is 29.3. The Labute approximate surface area is 121 Å². The fraction of sp³-hybridized carbons (Fsp3) is 0.154. The Morgan fingerprint density at radius 2 is 1.95 bits per heavy atom. The van der Waals surface area contributed by atoms with E-state index in [-0.39, 0.29) is 17.5 Å². The number of carbonyl (C=O) groups excluding carboxylic acids is 1. The summed E-state index contributed by atoms with van der Waals surface area (Å²) >= 11 is 0. The van der Waals surface area contributed by atoms with Crippen molar-refractivity contribution in [1.82, 2.24) is 15.3 Å². The van der Waals surface area contributed by atoms with Crippen LogP contribution in [-0.2, 0) is 16.4 Å². The van der Waals surface area contributed by atoms with E-state index in [1.807, 2.05) is 0 Å². The Kier molecular flexibility index (Phi) is 4.18. The maximum absolute atomic E-state index is 11.8. The molecule has 7 nitrogen and oxygen atoms in total. The van der Waals surface area contributed by atoms with Gasteiger partial charge in [0.1, 0.15) is 5.03 Å². The first-order valence-corrected chi connectivity index (χ1v) is 7.87. The molecular formula is C13H13N3O4S. The van der Waals surface area contributed by atoms with Crippen LogP contribution in [0, 0.1) is 0 Å². The van der Waals surface area contributed by atoms with Gasteiger partial charge in [-0.2, -0.15) is 0 Å². The second-order valence-corrected chi connectivity index (χ2v) is 6.39. The maximum Gasteiger partial charge on any atom is 0.251 e. The fourth-order valence-electron chi connectivity index (χ4n) is 1.66. The van der Waals surface area contributed by atoms with Gasteiger partial charge in [-0.25, -0.2) is 8.42 Å². The summed E-state index contributed by atoms with van der Waals surface area (Å²) in [6.07, 6.45) is 3.98. The molecule has 0 aliphatic rings. The Hall–Kier alpha value is -2.48. The van der Waals surface area contributed by atoms with Crippen molar-refractivity contribution in [2.75, 3.05) is 6.26 Å². The molecule has 8 heteroatoms. The lowest BCUT2D eigenvalue weighted by atomic mass is 10.2. The summed E-state index contributed by atoms with van der Waals surface area (Å²) in [7, 11) is -3.52. The minimum absolute atomic E-state index is 0.0492. The number of pyridine rings is 2. The zero-order chi connectivity index (χ0) is 15.5. The largest absolute Gasteiger partial charge is 0.348 e. The number of rotatable bonds is 4. The molecule has 0 bridgehead atoms. The Bertz CT molecular complexity index is 813. The first-order chi connectivity index (χ1) is 9.86. The molecule has 2 rings (SSSR count). The molecule has 21 heavy (non-hydrogen) atoms. The molecule has 0 fully saturated rings. The number of amides is 1. The maximum atomic E-state index is 11.8. The molecule has 0 saturated heterocycles. The molecule has 2 aromatic heterocycles. The average Bonchev–Trinajstić information content (AvgIpc) is 2.44. The van der Waals surface area contributed by atoms with Gasteiger partial charge in [0, 0.05) is 36.8 Å². The molecule has 2 aromatic rings. The molecule has 0 aliphatic carbocycles. The quantitative estimate of drug-likeness (QED) is 0.833. The molecule has 0 aromatic carbocycles. The van der Waals surface area contributed by atoms with Gasteiger partial charge in [-0.1, -0.05) is 0 Å². The highest BCUT2D eigenvalue weighted by molar-refractivity contribution is 7.90. The van der Waals surface area contributed by atoms with Gasteiger partial charge in [0.05, 0.1) is 0 Å². The van der Waals surface area contributed by atoms with E-state index >= 15 is 0 Å². The topological polar surface area (TPSA) is 109 Å². The lowest BCUT2D eigenvalue weighted by molar-refractivity contribution is 0.0950. The van der Waals surface area contributed by atoms with Crippen LogP contribution in [0.4, 0.5) is 0 Å². The van der Waals surface area contributed by atoms with Gasteiger partial charge in [-0.05, 0) is 23.8 Å². The fourth-order valence-corrected chi connectivity index (χ4v) is 2.31. The number of carbonyl (C=O) groups is 1. The van der Waals surface area contributed by atoms with Crippen molar-refractivity contribution in [2.24, 2.45) is 0 Å². The van der Waals surface area contributed by atoms with E-state index in [0.717, 1.165) is 6.26 Å². The van der Waals surface area contributed by atoms with Crippen LogP contribution in [0.15, 0.2) is 46.5 Å². The number of aromatic nitrogens is 2. The van der Waals surface area contributed by atoms with E-state index < -0.39 is 15.4 Å². The van der Waals surface area contributed by atoms with Gasteiger partial charge in [0.2, 0.25) is 5.56 Å². The van der Waals surface area contributed by atoms with E-state index in [1.54, 1.807) is 12.1 Å². The van der Waals surface area contributed by atoms with E-state index in [4.69, 9.17) is 0 Å². The third-order valence-corrected chi connectivity index (χ3v) is 3.69. The highest BCUT2D eigenvalue weighted by atomic mass is 32.2. The molecule has 1 amide bonds. The van der Waals surface area contributed by atoms with Crippen molar-refractivity contribution in [3.05, 3.63) is 58.1 Å². The lowest BCUT2D eigenvalue weighted by Crippen LogP contribution is -2.24. The molecule has 0 aliphatic heterocycles. The van der Waals surface area contributed by atoms with Gasteiger partial charge >= 0.3 is 0 Å². The number of nitrogens with zero attached hydrogens (tertiary/aromatic N) is 1. The third-order valence-electron chi connectivity index (χ3n) is 2.67. The normalized spacial score (nSPS) is 11.1. The number of H-pyrrole nitrogens is 1.